The van der Waals surface area contributed by atoms with Crippen LogP contribution in [0.25, 0.3) is 0 Å². The van der Waals surface area contributed by atoms with E-state index in [1.54, 1.807) is 11.0 Å². The van der Waals surface area contributed by atoms with Crippen molar-refractivity contribution < 1.29 is 14.1 Å². The van der Waals surface area contributed by atoms with Gasteiger partial charge in [-0.2, -0.15) is 0 Å². The molecule has 0 saturated heterocycles. The third-order valence-electron chi connectivity index (χ3n) is 3.91. The van der Waals surface area contributed by atoms with E-state index in [1.165, 1.54) is 18.7 Å². The molecule has 0 atom stereocenters. The summed E-state index contributed by atoms with van der Waals surface area (Å²) in [4.78, 5) is 32.9. The number of nitrogens with zero attached hydrogens (tertiary/aromatic N) is 4. The zero-order chi connectivity index (χ0) is 20.1. The average Bonchev–Trinajstić information content (AvgIpc) is 3.21. The molecule has 0 fully saturated rings. The Balaban J connectivity index is 1.94. The summed E-state index contributed by atoms with van der Waals surface area (Å²) in [5, 5.41) is 11.8. The van der Waals surface area contributed by atoms with Gasteiger partial charge < -0.3 is 9.32 Å². The largest absolute Gasteiger partial charge is 0.459 e. The summed E-state index contributed by atoms with van der Waals surface area (Å²) in [5.74, 6) is -0.561. The minimum absolute atomic E-state index is 0.0550. The minimum atomic E-state index is -0.592. The van der Waals surface area contributed by atoms with E-state index in [0.29, 0.717) is 6.54 Å². The van der Waals surface area contributed by atoms with Gasteiger partial charge in [-0.1, -0.05) is 12.1 Å². The average molecular weight is 382 g/mol. The van der Waals surface area contributed by atoms with Crippen LogP contribution < -0.4 is 15.8 Å². The summed E-state index contributed by atoms with van der Waals surface area (Å²) in [6, 6.07) is 10.6. The SMILES string of the molecule is CCN(c1cccc(C)c1)c1ncnc(NNC(=O)c2ccco2)c1[N+](=O)[O-]. The summed E-state index contributed by atoms with van der Waals surface area (Å²) in [6.45, 7) is 4.24. The van der Waals surface area contributed by atoms with Crippen molar-refractivity contribution in [3.05, 3.63) is 70.4 Å². The zero-order valence-electron chi connectivity index (χ0n) is 15.2. The van der Waals surface area contributed by atoms with E-state index in [4.69, 9.17) is 4.42 Å². The van der Waals surface area contributed by atoms with Crippen molar-refractivity contribution >= 4 is 28.9 Å². The summed E-state index contributed by atoms with van der Waals surface area (Å²) < 4.78 is 4.98. The van der Waals surface area contributed by atoms with Crippen LogP contribution in [0.5, 0.6) is 0 Å². The van der Waals surface area contributed by atoms with Gasteiger partial charge in [-0.05, 0) is 43.7 Å². The predicted molar refractivity (Wildman–Crippen MR) is 102 cm³/mol. The first-order valence-corrected chi connectivity index (χ1v) is 8.44. The smallest absolute Gasteiger partial charge is 0.355 e. The third kappa shape index (κ3) is 3.90. The van der Waals surface area contributed by atoms with Crippen molar-refractivity contribution in [2.75, 3.05) is 16.9 Å². The fourth-order valence-electron chi connectivity index (χ4n) is 2.66. The predicted octanol–water partition coefficient (Wildman–Crippen LogP) is 3.20. The first-order valence-electron chi connectivity index (χ1n) is 8.44. The zero-order valence-corrected chi connectivity index (χ0v) is 15.2. The van der Waals surface area contributed by atoms with Gasteiger partial charge in [0, 0.05) is 12.2 Å². The number of nitro groups is 1. The third-order valence-corrected chi connectivity index (χ3v) is 3.91. The molecule has 3 aromatic rings. The molecule has 1 amide bonds. The molecule has 2 N–H and O–H groups in total. The van der Waals surface area contributed by atoms with E-state index in [0.717, 1.165) is 11.3 Å². The highest BCUT2D eigenvalue weighted by molar-refractivity contribution is 5.92. The van der Waals surface area contributed by atoms with Crippen LogP contribution in [-0.4, -0.2) is 27.3 Å². The molecule has 0 saturated carbocycles. The van der Waals surface area contributed by atoms with Gasteiger partial charge in [0.15, 0.2) is 5.76 Å². The maximum atomic E-state index is 12.0. The topological polar surface area (TPSA) is 126 Å². The monoisotopic (exact) mass is 382 g/mol. The Morgan fingerprint density at radius 2 is 2.11 bits per heavy atom. The maximum absolute atomic E-state index is 12.0. The molecule has 10 nitrogen and oxygen atoms in total. The molecule has 3 rings (SSSR count). The molecule has 0 radical (unpaired) electrons. The second-order valence-electron chi connectivity index (χ2n) is 5.79. The summed E-state index contributed by atoms with van der Waals surface area (Å²) >= 11 is 0. The second-order valence-corrected chi connectivity index (χ2v) is 5.79. The number of amides is 1. The molecular formula is C18H18N6O4. The Morgan fingerprint density at radius 3 is 2.75 bits per heavy atom. The number of aromatic nitrogens is 2. The summed E-state index contributed by atoms with van der Waals surface area (Å²) in [7, 11) is 0. The van der Waals surface area contributed by atoms with Gasteiger partial charge in [-0.25, -0.2) is 9.97 Å². The molecule has 0 unspecified atom stereocenters. The molecule has 0 aliphatic heterocycles. The van der Waals surface area contributed by atoms with Gasteiger partial charge in [0.05, 0.1) is 11.2 Å². The van der Waals surface area contributed by atoms with Crippen LogP contribution in [0.2, 0.25) is 0 Å². The standard InChI is InChI=1S/C18H18N6O4/c1-3-23(13-7-4-6-12(2)10-13)17-15(24(26)27)16(19-11-20-17)21-22-18(25)14-8-5-9-28-14/h4-11H,3H2,1-2H3,(H,22,25)(H,19,20,21). The number of hydrazine groups is 1. The van der Waals surface area contributed by atoms with Crippen LogP contribution >= 0.6 is 0 Å². The number of furan rings is 1. The molecule has 2 heterocycles. The van der Waals surface area contributed by atoms with E-state index in [9.17, 15) is 14.9 Å². The fourth-order valence-corrected chi connectivity index (χ4v) is 2.66. The fraction of sp³-hybridized carbons (Fsp3) is 0.167. The number of carbonyl (C=O) groups is 1. The number of aryl methyl sites for hydroxylation is 1. The molecule has 10 heteroatoms. The number of nitrogens with one attached hydrogen (secondary N) is 2. The van der Waals surface area contributed by atoms with Gasteiger partial charge in [0.1, 0.15) is 6.33 Å². The molecule has 0 aliphatic rings. The maximum Gasteiger partial charge on any atom is 0.355 e. The summed E-state index contributed by atoms with van der Waals surface area (Å²) in [5.41, 5.74) is 6.23. The molecule has 28 heavy (non-hydrogen) atoms. The van der Waals surface area contributed by atoms with E-state index in [1.807, 2.05) is 38.1 Å². The Morgan fingerprint density at radius 1 is 1.29 bits per heavy atom. The Bertz CT molecular complexity index is 990. The van der Waals surface area contributed by atoms with Crippen LogP contribution in [0.4, 0.5) is 23.0 Å². The van der Waals surface area contributed by atoms with Gasteiger partial charge in [-0.15, -0.1) is 0 Å². The van der Waals surface area contributed by atoms with Crippen molar-refractivity contribution in [2.24, 2.45) is 0 Å². The lowest BCUT2D eigenvalue weighted by Gasteiger charge is -2.22. The van der Waals surface area contributed by atoms with Gasteiger partial charge in [0.25, 0.3) is 0 Å². The van der Waals surface area contributed by atoms with Crippen LogP contribution in [0, 0.1) is 17.0 Å². The minimum Gasteiger partial charge on any atom is -0.459 e. The highest BCUT2D eigenvalue weighted by atomic mass is 16.6. The lowest BCUT2D eigenvalue weighted by Crippen LogP contribution is -2.30. The molecule has 0 spiro atoms. The first-order chi connectivity index (χ1) is 13.5. The Hall–Kier alpha value is -3.95. The van der Waals surface area contributed by atoms with Crippen molar-refractivity contribution in [1.29, 1.82) is 0 Å². The number of hydrogen-bond acceptors (Lipinski definition) is 8. The van der Waals surface area contributed by atoms with Crippen molar-refractivity contribution in [3.8, 4) is 0 Å². The van der Waals surface area contributed by atoms with Crippen LogP contribution in [0.3, 0.4) is 0 Å². The van der Waals surface area contributed by atoms with Crippen LogP contribution in [0.1, 0.15) is 23.0 Å². The molecule has 0 bridgehead atoms. The Labute approximate surface area is 160 Å². The molecule has 0 aliphatic carbocycles. The molecule has 144 valence electrons. The lowest BCUT2D eigenvalue weighted by atomic mass is 10.2. The van der Waals surface area contributed by atoms with Gasteiger partial charge in [-0.3, -0.25) is 25.8 Å². The summed E-state index contributed by atoms with van der Waals surface area (Å²) in [6.07, 6.45) is 2.54. The molecular weight excluding hydrogens is 364 g/mol. The van der Waals surface area contributed by atoms with Crippen LogP contribution in [0.15, 0.2) is 53.4 Å². The van der Waals surface area contributed by atoms with E-state index < -0.39 is 10.8 Å². The lowest BCUT2D eigenvalue weighted by molar-refractivity contribution is -0.383. The highest BCUT2D eigenvalue weighted by Crippen LogP contribution is 2.35. The van der Waals surface area contributed by atoms with Crippen LogP contribution in [-0.2, 0) is 0 Å². The van der Waals surface area contributed by atoms with E-state index in [2.05, 4.69) is 20.8 Å². The second kappa shape index (κ2) is 8.16. The van der Waals surface area contributed by atoms with Crippen molar-refractivity contribution in [3.63, 3.8) is 0 Å². The number of rotatable bonds is 7. The van der Waals surface area contributed by atoms with E-state index >= 15 is 0 Å². The normalized spacial score (nSPS) is 10.4. The number of benzene rings is 1. The number of carbonyl (C=O) groups excluding carboxylic acids is 1. The van der Waals surface area contributed by atoms with E-state index in [-0.39, 0.29) is 23.1 Å². The number of anilines is 3. The van der Waals surface area contributed by atoms with Crippen molar-refractivity contribution in [2.45, 2.75) is 13.8 Å². The number of hydrogen-bond donors (Lipinski definition) is 2. The van der Waals surface area contributed by atoms with Gasteiger partial charge >= 0.3 is 11.6 Å². The quantitative estimate of drug-likeness (QED) is 0.471. The molecule has 2 aromatic heterocycles. The van der Waals surface area contributed by atoms with Crippen molar-refractivity contribution in [1.82, 2.24) is 15.4 Å². The highest BCUT2D eigenvalue weighted by Gasteiger charge is 2.28. The Kier molecular flexibility index (Phi) is 5.49. The first kappa shape index (κ1) is 18.8. The van der Waals surface area contributed by atoms with Gasteiger partial charge in [0.2, 0.25) is 11.6 Å². The molecule has 1 aromatic carbocycles.